The molecular weight excluding hydrogens is 678 g/mol. The van der Waals surface area contributed by atoms with E-state index in [1.54, 1.807) is 12.1 Å². The van der Waals surface area contributed by atoms with E-state index in [1.807, 2.05) is 24.3 Å². The molecule has 1 aliphatic rings. The van der Waals surface area contributed by atoms with Gasteiger partial charge in [-0.3, -0.25) is 4.79 Å². The summed E-state index contributed by atoms with van der Waals surface area (Å²) in [6.07, 6.45) is 1.35. The van der Waals surface area contributed by atoms with Crippen molar-refractivity contribution < 1.29 is 36.2 Å². The van der Waals surface area contributed by atoms with Crippen LogP contribution in [0, 0.1) is 32.7 Å². The van der Waals surface area contributed by atoms with Crippen molar-refractivity contribution in [2.24, 2.45) is 5.10 Å². The number of hydrogen-bond donors (Lipinski definition) is 0. The third kappa shape index (κ3) is 5.21. The molecular formula is C25H15BrF5IN2O3. The average Bonchev–Trinajstić information content (AvgIpc) is 3.15. The molecule has 4 rings (SSSR count). The Hall–Kier alpha value is -3.00. The van der Waals surface area contributed by atoms with Crippen LogP contribution in [0.15, 0.2) is 51.5 Å². The fraction of sp³-hybridized carbons (Fsp3) is 0.120. The predicted octanol–water partition coefficient (Wildman–Crippen LogP) is 7.14. The predicted molar refractivity (Wildman–Crippen MR) is 139 cm³/mol. The molecule has 3 aromatic carbocycles. The van der Waals surface area contributed by atoms with E-state index in [2.05, 4.69) is 43.6 Å². The molecule has 0 saturated carbocycles. The minimum absolute atomic E-state index is 0.00107. The fourth-order valence-corrected chi connectivity index (χ4v) is 4.24. The molecule has 0 bridgehead atoms. The van der Waals surface area contributed by atoms with Gasteiger partial charge < -0.3 is 9.47 Å². The van der Waals surface area contributed by atoms with E-state index in [1.165, 1.54) is 20.1 Å². The lowest BCUT2D eigenvalue weighted by Crippen LogP contribution is -2.25. The van der Waals surface area contributed by atoms with Crippen molar-refractivity contribution >= 4 is 61.9 Å². The topological polar surface area (TPSA) is 51.1 Å². The van der Waals surface area contributed by atoms with Crippen LogP contribution >= 0.6 is 38.5 Å². The van der Waals surface area contributed by atoms with Gasteiger partial charge in [-0.2, -0.15) is 10.1 Å². The highest BCUT2D eigenvalue weighted by molar-refractivity contribution is 14.1. The Labute approximate surface area is 229 Å². The van der Waals surface area contributed by atoms with Gasteiger partial charge in [-0.05, 0) is 71.0 Å². The molecule has 0 aliphatic carbocycles. The summed E-state index contributed by atoms with van der Waals surface area (Å²) in [7, 11) is 1.43. The van der Waals surface area contributed by atoms with Gasteiger partial charge in [-0.25, -0.2) is 22.0 Å². The van der Waals surface area contributed by atoms with E-state index < -0.39 is 40.7 Å². The number of hydrazone groups is 1. The molecule has 37 heavy (non-hydrogen) atoms. The van der Waals surface area contributed by atoms with Gasteiger partial charge in [0.2, 0.25) is 5.82 Å². The number of carbonyl (C=O) groups excluding carboxylic acids is 1. The maximum Gasteiger partial charge on any atom is 0.280 e. The number of benzene rings is 3. The molecule has 0 fully saturated rings. The summed E-state index contributed by atoms with van der Waals surface area (Å²) < 4.78 is 82.2. The SMILES string of the molecule is COc1cc(/C=C2/C(=O)N(c3c(F)c(F)c(F)c(F)c3F)N=C2C)c(Br)cc1OCc1ccc(I)cc1. The minimum Gasteiger partial charge on any atom is -0.493 e. The summed E-state index contributed by atoms with van der Waals surface area (Å²) in [4.78, 5) is 12.9. The number of methoxy groups -OCH3 is 1. The number of anilines is 1. The lowest BCUT2D eigenvalue weighted by atomic mass is 10.1. The highest BCUT2D eigenvalue weighted by Crippen LogP contribution is 2.37. The van der Waals surface area contributed by atoms with Gasteiger partial charge in [-0.1, -0.05) is 28.1 Å². The Morgan fingerprint density at radius 2 is 1.57 bits per heavy atom. The van der Waals surface area contributed by atoms with Crippen molar-refractivity contribution in [2.45, 2.75) is 13.5 Å². The highest BCUT2D eigenvalue weighted by atomic mass is 127. The first-order valence-electron chi connectivity index (χ1n) is 10.4. The summed E-state index contributed by atoms with van der Waals surface area (Å²) in [6, 6.07) is 10.9. The van der Waals surface area contributed by atoms with Crippen LogP contribution in [0.5, 0.6) is 11.5 Å². The highest BCUT2D eigenvalue weighted by Gasteiger charge is 2.37. The lowest BCUT2D eigenvalue weighted by molar-refractivity contribution is -0.114. The Morgan fingerprint density at radius 1 is 0.973 bits per heavy atom. The van der Waals surface area contributed by atoms with Crippen molar-refractivity contribution in [2.75, 3.05) is 12.1 Å². The van der Waals surface area contributed by atoms with E-state index in [0.717, 1.165) is 9.13 Å². The van der Waals surface area contributed by atoms with Crippen LogP contribution < -0.4 is 14.5 Å². The largest absolute Gasteiger partial charge is 0.493 e. The zero-order chi connectivity index (χ0) is 27.0. The van der Waals surface area contributed by atoms with Gasteiger partial charge in [0, 0.05) is 8.04 Å². The third-order valence-electron chi connectivity index (χ3n) is 5.35. The molecule has 0 radical (unpaired) electrons. The maximum atomic E-state index is 14.3. The molecule has 3 aromatic rings. The van der Waals surface area contributed by atoms with Crippen LogP contribution in [-0.2, 0) is 11.4 Å². The molecule has 192 valence electrons. The molecule has 1 heterocycles. The van der Waals surface area contributed by atoms with Crippen LogP contribution in [0.4, 0.5) is 27.6 Å². The van der Waals surface area contributed by atoms with Crippen LogP contribution in [0.1, 0.15) is 18.1 Å². The molecule has 0 unspecified atom stereocenters. The van der Waals surface area contributed by atoms with Crippen molar-refractivity contribution in [1.82, 2.24) is 0 Å². The molecule has 1 aliphatic heterocycles. The fourth-order valence-electron chi connectivity index (χ4n) is 3.45. The van der Waals surface area contributed by atoms with Gasteiger partial charge >= 0.3 is 0 Å². The van der Waals surface area contributed by atoms with Crippen molar-refractivity contribution in [1.29, 1.82) is 0 Å². The first kappa shape index (κ1) is 27.0. The van der Waals surface area contributed by atoms with Gasteiger partial charge in [0.15, 0.2) is 34.8 Å². The van der Waals surface area contributed by atoms with Crippen LogP contribution in [-0.4, -0.2) is 18.7 Å². The normalized spacial score (nSPS) is 14.4. The zero-order valence-corrected chi connectivity index (χ0v) is 22.8. The van der Waals surface area contributed by atoms with Crippen molar-refractivity contribution in [3.63, 3.8) is 0 Å². The second-order valence-electron chi connectivity index (χ2n) is 7.72. The smallest absolute Gasteiger partial charge is 0.280 e. The number of ether oxygens (including phenoxy) is 2. The second-order valence-corrected chi connectivity index (χ2v) is 9.82. The summed E-state index contributed by atoms with van der Waals surface area (Å²) in [5.74, 6) is -11.4. The standard InChI is InChI=1S/C25H15BrF5IN2O3/c1-11-15(25(35)34(33-11)24-22(30)20(28)19(27)21(29)23(24)31)7-13-8-17(36-2)18(9-16(13)26)37-10-12-3-5-14(32)6-4-12/h3-9H,10H2,1-2H3/b15-7+. The maximum absolute atomic E-state index is 14.3. The zero-order valence-electron chi connectivity index (χ0n) is 19.0. The number of carbonyl (C=O) groups is 1. The molecule has 12 heteroatoms. The Kier molecular flexibility index (Phi) is 7.88. The van der Waals surface area contributed by atoms with Gasteiger partial charge in [-0.15, -0.1) is 0 Å². The Balaban J connectivity index is 1.66. The molecule has 0 atom stereocenters. The number of rotatable bonds is 6. The summed E-state index contributed by atoms with van der Waals surface area (Å²) in [5.41, 5.74) is -0.240. The van der Waals surface area contributed by atoms with Gasteiger partial charge in [0.25, 0.3) is 5.91 Å². The first-order chi connectivity index (χ1) is 17.5. The number of halogens is 7. The van der Waals surface area contributed by atoms with Crippen LogP contribution in [0.3, 0.4) is 0 Å². The molecule has 0 saturated heterocycles. The summed E-state index contributed by atoms with van der Waals surface area (Å²) >= 11 is 5.59. The van der Waals surface area contributed by atoms with E-state index in [9.17, 15) is 26.7 Å². The van der Waals surface area contributed by atoms with E-state index in [4.69, 9.17) is 9.47 Å². The van der Waals surface area contributed by atoms with Gasteiger partial charge in [0.05, 0.1) is 18.4 Å². The molecule has 0 spiro atoms. The van der Waals surface area contributed by atoms with Crippen molar-refractivity contribution in [3.8, 4) is 11.5 Å². The number of hydrogen-bond acceptors (Lipinski definition) is 4. The third-order valence-corrected chi connectivity index (χ3v) is 6.76. The minimum atomic E-state index is -2.33. The summed E-state index contributed by atoms with van der Waals surface area (Å²) in [6.45, 7) is 1.63. The Bertz CT molecular complexity index is 1450. The molecule has 0 N–H and O–H groups in total. The molecule has 0 aromatic heterocycles. The number of nitrogens with zero attached hydrogens (tertiary/aromatic N) is 2. The lowest BCUT2D eigenvalue weighted by Gasteiger charge is -2.15. The van der Waals surface area contributed by atoms with Crippen LogP contribution in [0.25, 0.3) is 6.08 Å². The van der Waals surface area contributed by atoms with Crippen molar-refractivity contribution in [3.05, 3.63) is 90.2 Å². The average molecular weight is 693 g/mol. The van der Waals surface area contributed by atoms with Crippen LogP contribution in [0.2, 0.25) is 0 Å². The first-order valence-corrected chi connectivity index (χ1v) is 12.3. The van der Waals surface area contributed by atoms with E-state index in [-0.39, 0.29) is 22.9 Å². The van der Waals surface area contributed by atoms with E-state index in [0.29, 0.717) is 21.5 Å². The van der Waals surface area contributed by atoms with Gasteiger partial charge in [0.1, 0.15) is 12.3 Å². The Morgan fingerprint density at radius 3 is 2.16 bits per heavy atom. The monoisotopic (exact) mass is 692 g/mol. The van der Waals surface area contributed by atoms with E-state index >= 15 is 0 Å². The molecule has 5 nitrogen and oxygen atoms in total. The second kappa shape index (κ2) is 10.8. The molecule has 1 amide bonds. The number of amides is 1. The summed E-state index contributed by atoms with van der Waals surface area (Å²) in [5, 5.41) is 3.89. The quantitative estimate of drug-likeness (QED) is 0.0908.